The van der Waals surface area contributed by atoms with Crippen LogP contribution in [0.5, 0.6) is 0 Å². The first kappa shape index (κ1) is 28.9. The molecule has 1 aliphatic carbocycles. The molecular formula is C23H30FN10O6PS. The van der Waals surface area contributed by atoms with Crippen molar-refractivity contribution in [3.8, 4) is 0 Å². The monoisotopic (exact) mass is 624 g/mol. The lowest BCUT2D eigenvalue weighted by atomic mass is 10.0. The van der Waals surface area contributed by atoms with E-state index in [9.17, 15) is 14.5 Å². The van der Waals surface area contributed by atoms with Crippen molar-refractivity contribution in [1.29, 1.82) is 0 Å². The SMILES string of the molecule is CCCC(F)[C@@H](OP(=O)(S)OC[C@]12CC[C@H](C1)[C@H](n1cnc3c(N)ncnc31)O2)[C@@H](O)n1cnc2c(=O)[nH]c(N)nc21. The molecule has 6 N–H and O–H groups in total. The summed E-state index contributed by atoms with van der Waals surface area (Å²) in [4.78, 5) is 35.0. The van der Waals surface area contributed by atoms with E-state index in [2.05, 4.69) is 42.2 Å². The summed E-state index contributed by atoms with van der Waals surface area (Å²) in [7, 11) is 0. The smallest absolute Gasteiger partial charge is 0.382 e. The predicted molar refractivity (Wildman–Crippen MR) is 151 cm³/mol. The van der Waals surface area contributed by atoms with Gasteiger partial charge in [0.1, 0.15) is 30.3 Å². The van der Waals surface area contributed by atoms with E-state index in [1.165, 1.54) is 6.33 Å². The Bertz CT molecular complexity index is 1730. The van der Waals surface area contributed by atoms with E-state index >= 15 is 4.39 Å². The molecule has 2 unspecified atom stereocenters. The van der Waals surface area contributed by atoms with Crippen molar-refractivity contribution < 1.29 is 27.8 Å². The second-order valence-corrected chi connectivity index (χ2v) is 13.5. The molecule has 1 aliphatic heterocycles. The van der Waals surface area contributed by atoms with Crippen LogP contribution in [0.4, 0.5) is 16.2 Å². The van der Waals surface area contributed by atoms with E-state index < -0.39 is 42.7 Å². The first-order valence-electron chi connectivity index (χ1n) is 13.3. The molecule has 5 heterocycles. The van der Waals surface area contributed by atoms with Crippen LogP contribution in [0.15, 0.2) is 23.8 Å². The highest BCUT2D eigenvalue weighted by Gasteiger charge is 2.54. The van der Waals surface area contributed by atoms with Crippen LogP contribution < -0.4 is 17.0 Å². The molecule has 4 aromatic heterocycles. The van der Waals surface area contributed by atoms with Crippen molar-refractivity contribution in [2.24, 2.45) is 5.92 Å². The molecule has 19 heteroatoms. The van der Waals surface area contributed by atoms with Crippen molar-refractivity contribution in [2.45, 2.75) is 69.4 Å². The van der Waals surface area contributed by atoms with Crippen molar-refractivity contribution in [3.05, 3.63) is 29.3 Å². The Labute approximate surface area is 242 Å². The van der Waals surface area contributed by atoms with Crippen molar-refractivity contribution in [2.75, 3.05) is 18.1 Å². The van der Waals surface area contributed by atoms with Gasteiger partial charge in [-0.05, 0) is 25.7 Å². The van der Waals surface area contributed by atoms with Crippen LogP contribution in [-0.2, 0) is 18.3 Å². The Morgan fingerprint density at radius 1 is 1.29 bits per heavy atom. The van der Waals surface area contributed by atoms with E-state index in [-0.39, 0.29) is 41.9 Å². The fourth-order valence-electron chi connectivity index (χ4n) is 5.76. The number of aromatic nitrogens is 8. The summed E-state index contributed by atoms with van der Waals surface area (Å²) in [6.45, 7) is -2.67. The zero-order valence-corrected chi connectivity index (χ0v) is 24.2. The highest BCUT2D eigenvalue weighted by molar-refractivity contribution is 8.44. The third-order valence-electron chi connectivity index (χ3n) is 7.74. The van der Waals surface area contributed by atoms with Gasteiger partial charge in [0.05, 0.1) is 24.9 Å². The van der Waals surface area contributed by atoms with E-state index in [1.807, 2.05) is 0 Å². The number of nitrogen functional groups attached to an aromatic ring is 2. The largest absolute Gasteiger partial charge is 0.386 e. The number of rotatable bonds is 11. The number of aliphatic hydroxyl groups excluding tert-OH is 1. The maximum Gasteiger partial charge on any atom is 0.386 e. The minimum Gasteiger partial charge on any atom is -0.382 e. The Kier molecular flexibility index (Phi) is 7.47. The third-order valence-corrected chi connectivity index (χ3v) is 9.33. The van der Waals surface area contributed by atoms with Gasteiger partial charge in [-0.15, -0.1) is 0 Å². The lowest BCUT2D eigenvalue weighted by Gasteiger charge is -2.33. The predicted octanol–water partition coefficient (Wildman–Crippen LogP) is 2.26. The number of nitrogens with one attached hydrogen (secondary N) is 1. The fraction of sp³-hybridized carbons (Fsp3) is 0.565. The quantitative estimate of drug-likeness (QED) is 0.119. The van der Waals surface area contributed by atoms with Crippen molar-refractivity contribution in [1.82, 2.24) is 39.0 Å². The first-order valence-corrected chi connectivity index (χ1v) is 16.0. The molecule has 0 aromatic carbocycles. The highest BCUT2D eigenvalue weighted by atomic mass is 32.7. The van der Waals surface area contributed by atoms with Gasteiger partial charge in [0.15, 0.2) is 28.9 Å². The second-order valence-electron chi connectivity index (χ2n) is 10.6. The molecule has 42 heavy (non-hydrogen) atoms. The summed E-state index contributed by atoms with van der Waals surface area (Å²) in [5.74, 6) is 0.138. The lowest BCUT2D eigenvalue weighted by molar-refractivity contribution is -0.122. The van der Waals surface area contributed by atoms with Gasteiger partial charge >= 0.3 is 6.80 Å². The number of hydrogen-bond donors (Lipinski definition) is 5. The molecule has 4 aromatic rings. The summed E-state index contributed by atoms with van der Waals surface area (Å²) in [6, 6.07) is 0. The van der Waals surface area contributed by atoms with Gasteiger partial charge in [-0.2, -0.15) is 4.98 Å². The number of anilines is 2. The second kappa shape index (κ2) is 10.8. The van der Waals surface area contributed by atoms with Crippen LogP contribution >= 0.6 is 19.0 Å². The molecule has 7 atom stereocenters. The van der Waals surface area contributed by atoms with Crippen molar-refractivity contribution >= 4 is 53.1 Å². The molecule has 0 radical (unpaired) electrons. The number of thiol groups is 1. The summed E-state index contributed by atoms with van der Waals surface area (Å²) >= 11 is 4.11. The number of imidazole rings is 2. The molecule has 16 nitrogen and oxygen atoms in total. The molecule has 2 aliphatic rings. The number of aliphatic hydroxyl groups is 1. The molecule has 0 spiro atoms. The molecule has 2 fully saturated rings. The summed E-state index contributed by atoms with van der Waals surface area (Å²) in [5.41, 5.74) is 10.9. The average Bonchev–Trinajstić information content (AvgIpc) is 3.73. The number of halogens is 1. The van der Waals surface area contributed by atoms with E-state index in [0.29, 0.717) is 30.4 Å². The van der Waals surface area contributed by atoms with Gasteiger partial charge in [0.2, 0.25) is 5.95 Å². The minimum atomic E-state index is -4.27. The summed E-state index contributed by atoms with van der Waals surface area (Å²) in [6.07, 6.45) is 0.766. The molecular weight excluding hydrogens is 594 g/mol. The Hall–Kier alpha value is -3.15. The fourth-order valence-corrected chi connectivity index (χ4v) is 7.27. The van der Waals surface area contributed by atoms with E-state index in [1.54, 1.807) is 17.8 Å². The number of alkyl halides is 1. The van der Waals surface area contributed by atoms with Gasteiger partial charge in [-0.1, -0.05) is 25.6 Å². The Balaban J connectivity index is 1.19. The van der Waals surface area contributed by atoms with Crippen LogP contribution in [0.25, 0.3) is 22.3 Å². The molecule has 6 rings (SSSR count). The number of nitrogens with zero attached hydrogens (tertiary/aromatic N) is 7. The van der Waals surface area contributed by atoms with Crippen LogP contribution in [0.3, 0.4) is 0 Å². The topological polar surface area (TPSA) is 224 Å². The van der Waals surface area contributed by atoms with Gasteiger partial charge in [0.25, 0.3) is 5.56 Å². The number of hydrogen-bond acceptors (Lipinski definition) is 13. The van der Waals surface area contributed by atoms with E-state index in [0.717, 1.165) is 17.3 Å². The molecule has 1 saturated heterocycles. The zero-order valence-electron chi connectivity index (χ0n) is 22.4. The van der Waals surface area contributed by atoms with Crippen LogP contribution in [-0.4, -0.2) is 68.6 Å². The van der Waals surface area contributed by atoms with Crippen molar-refractivity contribution in [3.63, 3.8) is 0 Å². The minimum absolute atomic E-state index is 0.0262. The number of nitrogens with two attached hydrogens (primary N) is 2. The lowest BCUT2D eigenvalue weighted by Crippen LogP contribution is -2.36. The van der Waals surface area contributed by atoms with Crippen LogP contribution in [0, 0.1) is 5.92 Å². The maximum atomic E-state index is 15.4. The number of aromatic amines is 1. The summed E-state index contributed by atoms with van der Waals surface area (Å²) in [5, 5.41) is 11.1. The highest BCUT2D eigenvalue weighted by Crippen LogP contribution is 2.59. The third kappa shape index (κ3) is 5.16. The van der Waals surface area contributed by atoms with Gasteiger partial charge < -0.3 is 21.3 Å². The standard InChI is InChI=1S/C23H30FN10O6PS/c1-2-3-12(24)15(20(36)33-9-30-14-18(33)31-22(26)32-19(14)35)40-41(37,42)38-7-23-5-4-11(6-23)21(39-23)34-10-29-13-16(25)27-8-28-17(13)34/h8-12,15,20-21,36H,2-7H2,1H3,(H,37,42)(H2,25,27,28)(H3,26,31,32,35)/t11-,12?,15-,20-,21-,23+,41?/m1/s1. The maximum absolute atomic E-state index is 15.4. The molecule has 226 valence electrons. The van der Waals surface area contributed by atoms with E-state index in [4.69, 9.17) is 25.3 Å². The van der Waals surface area contributed by atoms with Gasteiger partial charge in [-0.25, -0.2) is 28.9 Å². The number of ether oxygens (including phenoxy) is 1. The first-order chi connectivity index (χ1) is 20.0. The number of fused-ring (bicyclic) bond motifs is 4. The zero-order chi connectivity index (χ0) is 29.8. The normalized spacial score (nSPS) is 25.6. The number of H-pyrrole nitrogens is 1. The molecule has 1 saturated carbocycles. The van der Waals surface area contributed by atoms with Gasteiger partial charge in [0, 0.05) is 5.92 Å². The van der Waals surface area contributed by atoms with Gasteiger partial charge in [-0.3, -0.25) is 28.0 Å². The Morgan fingerprint density at radius 2 is 2.07 bits per heavy atom. The summed E-state index contributed by atoms with van der Waals surface area (Å²) < 4.78 is 49.3. The van der Waals surface area contributed by atoms with Crippen LogP contribution in [0.2, 0.25) is 0 Å². The average molecular weight is 625 g/mol. The Morgan fingerprint density at radius 3 is 2.86 bits per heavy atom. The molecule has 2 bridgehead atoms. The van der Waals surface area contributed by atoms with Crippen LogP contribution in [0.1, 0.15) is 51.5 Å². The molecule has 0 amide bonds.